The first-order valence-corrected chi connectivity index (χ1v) is 6.80. The van der Waals surface area contributed by atoms with Crippen LogP contribution in [0.3, 0.4) is 0 Å². The van der Waals surface area contributed by atoms with Gasteiger partial charge in [0.1, 0.15) is 0 Å². The summed E-state index contributed by atoms with van der Waals surface area (Å²) in [6, 6.07) is 8.78. The van der Waals surface area contributed by atoms with E-state index < -0.39 is 6.03 Å². The highest BCUT2D eigenvalue weighted by Crippen LogP contribution is 2.30. The Morgan fingerprint density at radius 1 is 1.41 bits per heavy atom. The van der Waals surface area contributed by atoms with Crippen LogP contribution in [0.1, 0.15) is 5.56 Å². The predicted octanol–water partition coefficient (Wildman–Crippen LogP) is 2.51. The van der Waals surface area contributed by atoms with Crippen molar-refractivity contribution in [3.8, 4) is 11.1 Å². The molecule has 0 fully saturated rings. The lowest BCUT2D eigenvalue weighted by Crippen LogP contribution is -2.31. The first-order valence-electron chi connectivity index (χ1n) is 6.80. The van der Waals surface area contributed by atoms with Gasteiger partial charge in [0.2, 0.25) is 0 Å². The number of carbonyl (C=O) groups excluding carboxylic acids is 1. The van der Waals surface area contributed by atoms with Crippen molar-refractivity contribution in [3.63, 3.8) is 0 Å². The van der Waals surface area contributed by atoms with Gasteiger partial charge in [-0.2, -0.15) is 0 Å². The molecule has 3 aromatic rings. The van der Waals surface area contributed by atoms with Crippen molar-refractivity contribution in [2.45, 2.75) is 6.54 Å². The van der Waals surface area contributed by atoms with Gasteiger partial charge in [-0.05, 0) is 23.8 Å². The summed E-state index contributed by atoms with van der Waals surface area (Å²) >= 11 is 0. The summed E-state index contributed by atoms with van der Waals surface area (Å²) in [6.07, 6.45) is 5.58. The Kier molecular flexibility index (Phi) is 3.52. The van der Waals surface area contributed by atoms with Crippen LogP contribution in [0.5, 0.6) is 0 Å². The van der Waals surface area contributed by atoms with E-state index in [9.17, 15) is 10.0 Å². The fourth-order valence-corrected chi connectivity index (χ4v) is 2.54. The quantitative estimate of drug-likeness (QED) is 0.575. The Morgan fingerprint density at radius 2 is 2.23 bits per heavy atom. The van der Waals surface area contributed by atoms with Gasteiger partial charge < -0.3 is 10.3 Å². The lowest BCUT2D eigenvalue weighted by molar-refractivity contribution is -0.0470. The number of hydroxylamine groups is 2. The molecule has 6 heteroatoms. The van der Waals surface area contributed by atoms with Crippen LogP contribution >= 0.6 is 0 Å². The lowest BCUT2D eigenvalue weighted by atomic mass is 10.0. The number of primary amides is 1. The Labute approximate surface area is 127 Å². The molecule has 2 aromatic heterocycles. The summed E-state index contributed by atoms with van der Waals surface area (Å²) in [6.45, 7) is 0.0483. The number of aryl methyl sites for hydroxylation is 1. The van der Waals surface area contributed by atoms with Gasteiger partial charge in [0.25, 0.3) is 0 Å². The molecule has 0 aliphatic carbocycles. The van der Waals surface area contributed by atoms with E-state index in [1.165, 1.54) is 0 Å². The van der Waals surface area contributed by atoms with Crippen molar-refractivity contribution in [2.75, 3.05) is 0 Å². The molecular formula is C16H16N4O2. The third-order valence-corrected chi connectivity index (χ3v) is 3.61. The van der Waals surface area contributed by atoms with Crippen molar-refractivity contribution >= 4 is 16.9 Å². The minimum atomic E-state index is -0.874. The Balaban J connectivity index is 2.09. The van der Waals surface area contributed by atoms with Crippen LogP contribution in [0.2, 0.25) is 0 Å². The van der Waals surface area contributed by atoms with E-state index in [2.05, 4.69) is 4.98 Å². The fraction of sp³-hybridized carbons (Fsp3) is 0.125. The van der Waals surface area contributed by atoms with Crippen LogP contribution in [0, 0.1) is 0 Å². The van der Waals surface area contributed by atoms with E-state index >= 15 is 0 Å². The highest BCUT2D eigenvalue weighted by atomic mass is 16.5. The van der Waals surface area contributed by atoms with Crippen molar-refractivity contribution < 1.29 is 10.0 Å². The molecule has 112 valence electrons. The predicted molar refractivity (Wildman–Crippen MR) is 83.1 cm³/mol. The highest BCUT2D eigenvalue weighted by Gasteiger charge is 2.12. The summed E-state index contributed by atoms with van der Waals surface area (Å²) in [5, 5.41) is 11.0. The number of pyridine rings is 1. The molecule has 0 bridgehead atoms. The van der Waals surface area contributed by atoms with Gasteiger partial charge in [-0.15, -0.1) is 0 Å². The normalized spacial score (nSPS) is 10.8. The molecule has 3 rings (SSSR count). The molecule has 0 aliphatic heterocycles. The average molecular weight is 296 g/mol. The van der Waals surface area contributed by atoms with Crippen LogP contribution in [-0.4, -0.2) is 25.9 Å². The minimum absolute atomic E-state index is 0.0483. The molecule has 3 N–H and O–H groups in total. The number of amides is 2. The number of benzene rings is 1. The number of hydrogen-bond donors (Lipinski definition) is 2. The van der Waals surface area contributed by atoms with Crippen molar-refractivity contribution in [1.29, 1.82) is 0 Å². The second-order valence-electron chi connectivity index (χ2n) is 5.14. The van der Waals surface area contributed by atoms with Gasteiger partial charge in [0.05, 0.1) is 6.54 Å². The lowest BCUT2D eigenvalue weighted by Gasteiger charge is -2.12. The van der Waals surface area contributed by atoms with E-state index in [1.807, 2.05) is 54.3 Å². The summed E-state index contributed by atoms with van der Waals surface area (Å²) in [5.41, 5.74) is 8.97. The number of fused-ring (bicyclic) bond motifs is 1. The Morgan fingerprint density at radius 3 is 2.91 bits per heavy atom. The summed E-state index contributed by atoms with van der Waals surface area (Å²) in [7, 11) is 1.98. The van der Waals surface area contributed by atoms with Crippen molar-refractivity contribution in [2.24, 2.45) is 12.8 Å². The molecule has 0 spiro atoms. The molecule has 0 saturated heterocycles. The molecule has 6 nitrogen and oxygen atoms in total. The van der Waals surface area contributed by atoms with Crippen LogP contribution in [0.25, 0.3) is 22.0 Å². The van der Waals surface area contributed by atoms with Gasteiger partial charge in [0, 0.05) is 47.7 Å². The van der Waals surface area contributed by atoms with Crippen LogP contribution in [0.4, 0.5) is 4.79 Å². The zero-order chi connectivity index (χ0) is 15.7. The SMILES string of the molecule is Cn1cc(-c2cccnc2)c2cc(CN(O)C(N)=O)ccc21. The van der Waals surface area contributed by atoms with E-state index in [0.717, 1.165) is 27.6 Å². The monoisotopic (exact) mass is 296 g/mol. The molecule has 0 saturated carbocycles. The fourth-order valence-electron chi connectivity index (χ4n) is 2.54. The van der Waals surface area contributed by atoms with Crippen LogP contribution in [0.15, 0.2) is 48.9 Å². The summed E-state index contributed by atoms with van der Waals surface area (Å²) in [4.78, 5) is 15.1. The number of hydrogen-bond acceptors (Lipinski definition) is 3. The average Bonchev–Trinajstić information content (AvgIpc) is 2.85. The molecule has 1 aromatic carbocycles. The number of aromatic nitrogens is 2. The molecule has 0 aliphatic rings. The van der Waals surface area contributed by atoms with Gasteiger partial charge in [0.15, 0.2) is 0 Å². The maximum Gasteiger partial charge on any atom is 0.338 e. The highest BCUT2D eigenvalue weighted by molar-refractivity contribution is 5.96. The van der Waals surface area contributed by atoms with Gasteiger partial charge in [-0.25, -0.2) is 9.86 Å². The van der Waals surface area contributed by atoms with E-state index in [-0.39, 0.29) is 6.54 Å². The topological polar surface area (TPSA) is 84.4 Å². The number of rotatable bonds is 3. The van der Waals surface area contributed by atoms with Crippen molar-refractivity contribution in [1.82, 2.24) is 14.6 Å². The Hall–Kier alpha value is -2.86. The zero-order valence-electron chi connectivity index (χ0n) is 12.1. The minimum Gasteiger partial charge on any atom is -0.350 e. The maximum absolute atomic E-state index is 10.9. The van der Waals surface area contributed by atoms with Crippen molar-refractivity contribution in [3.05, 3.63) is 54.5 Å². The van der Waals surface area contributed by atoms with E-state index in [0.29, 0.717) is 5.06 Å². The zero-order valence-corrected chi connectivity index (χ0v) is 12.1. The first-order chi connectivity index (χ1) is 10.6. The molecule has 0 atom stereocenters. The van der Waals surface area contributed by atoms with Gasteiger partial charge >= 0.3 is 6.03 Å². The second-order valence-corrected chi connectivity index (χ2v) is 5.14. The number of carbonyl (C=O) groups is 1. The second kappa shape index (κ2) is 5.50. The Bertz CT molecular complexity index is 827. The number of urea groups is 1. The third kappa shape index (κ3) is 2.51. The molecule has 0 unspecified atom stereocenters. The number of nitrogens with zero attached hydrogens (tertiary/aromatic N) is 3. The number of nitrogens with two attached hydrogens (primary N) is 1. The van der Waals surface area contributed by atoms with Crippen LogP contribution in [-0.2, 0) is 13.6 Å². The van der Waals surface area contributed by atoms with E-state index in [4.69, 9.17) is 5.73 Å². The summed E-state index contributed by atoms with van der Waals surface area (Å²) in [5.74, 6) is 0. The molecule has 2 amide bonds. The van der Waals surface area contributed by atoms with Gasteiger partial charge in [-0.1, -0.05) is 12.1 Å². The third-order valence-electron chi connectivity index (χ3n) is 3.61. The molecule has 2 heterocycles. The first kappa shape index (κ1) is 14.1. The maximum atomic E-state index is 10.9. The van der Waals surface area contributed by atoms with Crippen LogP contribution < -0.4 is 5.73 Å². The van der Waals surface area contributed by atoms with Gasteiger partial charge in [-0.3, -0.25) is 10.2 Å². The molecule has 0 radical (unpaired) electrons. The standard InChI is InChI=1S/C16H16N4O2/c1-19-10-14(12-3-2-6-18-8-12)13-7-11(4-5-15(13)19)9-20(22)16(17)21/h2-8,10,22H,9H2,1H3,(H2,17,21). The smallest absolute Gasteiger partial charge is 0.338 e. The summed E-state index contributed by atoms with van der Waals surface area (Å²) < 4.78 is 2.03. The van der Waals surface area contributed by atoms with E-state index in [1.54, 1.807) is 6.20 Å². The molecule has 22 heavy (non-hydrogen) atoms. The largest absolute Gasteiger partial charge is 0.350 e. The molecular weight excluding hydrogens is 280 g/mol.